The monoisotopic (exact) mass is 224 g/mol. The van der Waals surface area contributed by atoms with Gasteiger partial charge in [0.15, 0.2) is 5.78 Å². The summed E-state index contributed by atoms with van der Waals surface area (Å²) >= 11 is 0. The van der Waals surface area contributed by atoms with Gasteiger partial charge in [0.2, 0.25) is 0 Å². The molecular formula is C11H16N2O3. The highest BCUT2D eigenvalue weighted by Crippen LogP contribution is 2.14. The summed E-state index contributed by atoms with van der Waals surface area (Å²) in [5, 5.41) is 4.23. The topological polar surface area (TPSA) is 61.2 Å². The highest BCUT2D eigenvalue weighted by atomic mass is 16.5. The van der Waals surface area contributed by atoms with E-state index in [1.807, 2.05) is 13.8 Å². The fraction of sp³-hybridized carbons (Fsp3) is 0.545. The standard InChI is InChI=1S/C11H16N2O3/c1-7(14)6-13-9(3)10(8(2)12-13)5-11(15)16-4/h5-6H2,1-4H3. The van der Waals surface area contributed by atoms with Crippen LogP contribution in [0.3, 0.4) is 0 Å². The summed E-state index contributed by atoms with van der Waals surface area (Å²) in [6, 6.07) is 0. The van der Waals surface area contributed by atoms with Crippen molar-refractivity contribution in [1.82, 2.24) is 9.78 Å². The van der Waals surface area contributed by atoms with Crippen molar-refractivity contribution in [1.29, 1.82) is 0 Å². The Morgan fingerprint density at radius 1 is 1.38 bits per heavy atom. The van der Waals surface area contributed by atoms with Crippen LogP contribution in [0.25, 0.3) is 0 Å². The normalized spacial score (nSPS) is 10.2. The summed E-state index contributed by atoms with van der Waals surface area (Å²) in [4.78, 5) is 22.2. The summed E-state index contributed by atoms with van der Waals surface area (Å²) in [7, 11) is 1.35. The van der Waals surface area contributed by atoms with E-state index in [4.69, 9.17) is 0 Å². The molecule has 1 heterocycles. The maximum Gasteiger partial charge on any atom is 0.310 e. The summed E-state index contributed by atoms with van der Waals surface area (Å²) in [6.07, 6.45) is 0.200. The summed E-state index contributed by atoms with van der Waals surface area (Å²) in [6.45, 7) is 5.42. The molecule has 5 heteroatoms. The Labute approximate surface area is 94.4 Å². The van der Waals surface area contributed by atoms with Crippen molar-refractivity contribution in [2.45, 2.75) is 33.7 Å². The number of esters is 1. The number of Topliss-reactive ketones (excluding diaryl/α,β-unsaturated/α-hetero) is 1. The van der Waals surface area contributed by atoms with Crippen LogP contribution in [0.5, 0.6) is 0 Å². The van der Waals surface area contributed by atoms with Crippen molar-refractivity contribution < 1.29 is 14.3 Å². The third-order valence-corrected chi connectivity index (χ3v) is 2.45. The van der Waals surface area contributed by atoms with Crippen LogP contribution in [0.4, 0.5) is 0 Å². The Morgan fingerprint density at radius 3 is 2.50 bits per heavy atom. The Bertz CT molecular complexity index is 421. The first kappa shape index (κ1) is 12.4. The van der Waals surface area contributed by atoms with Gasteiger partial charge in [-0.05, 0) is 20.8 Å². The van der Waals surface area contributed by atoms with Gasteiger partial charge in [-0.2, -0.15) is 5.10 Å². The van der Waals surface area contributed by atoms with Gasteiger partial charge in [-0.1, -0.05) is 0 Å². The largest absolute Gasteiger partial charge is 0.469 e. The first-order valence-electron chi connectivity index (χ1n) is 5.04. The summed E-state index contributed by atoms with van der Waals surface area (Å²) < 4.78 is 6.23. The molecule has 0 atom stereocenters. The molecule has 0 aliphatic heterocycles. The second-order valence-electron chi connectivity index (χ2n) is 3.76. The number of ether oxygens (including phenoxy) is 1. The van der Waals surface area contributed by atoms with Crippen molar-refractivity contribution in [2.24, 2.45) is 0 Å². The van der Waals surface area contributed by atoms with E-state index in [1.54, 1.807) is 4.68 Å². The Kier molecular flexibility index (Phi) is 3.82. The molecule has 0 unspecified atom stereocenters. The number of hydrogen-bond acceptors (Lipinski definition) is 4. The molecule has 0 aliphatic rings. The fourth-order valence-corrected chi connectivity index (χ4v) is 1.57. The molecule has 0 bridgehead atoms. The Morgan fingerprint density at radius 2 is 2.00 bits per heavy atom. The molecule has 5 nitrogen and oxygen atoms in total. The number of ketones is 1. The number of methoxy groups -OCH3 is 1. The molecule has 0 radical (unpaired) electrons. The molecular weight excluding hydrogens is 208 g/mol. The number of aryl methyl sites for hydroxylation is 1. The van der Waals surface area contributed by atoms with E-state index in [0.29, 0.717) is 0 Å². The lowest BCUT2D eigenvalue weighted by atomic mass is 10.1. The number of carbonyl (C=O) groups excluding carboxylic acids is 2. The minimum atomic E-state index is -0.298. The third kappa shape index (κ3) is 2.68. The molecule has 0 fully saturated rings. The van der Waals surface area contributed by atoms with Crippen LogP contribution in [0.1, 0.15) is 23.9 Å². The van der Waals surface area contributed by atoms with Gasteiger partial charge in [0.1, 0.15) is 0 Å². The lowest BCUT2D eigenvalue weighted by Gasteiger charge is -2.02. The van der Waals surface area contributed by atoms with Gasteiger partial charge < -0.3 is 4.74 Å². The van der Waals surface area contributed by atoms with Crippen LogP contribution in [-0.4, -0.2) is 28.6 Å². The molecule has 0 aliphatic carbocycles. The van der Waals surface area contributed by atoms with E-state index in [2.05, 4.69) is 9.84 Å². The highest BCUT2D eigenvalue weighted by Gasteiger charge is 2.15. The molecule has 0 saturated carbocycles. The van der Waals surface area contributed by atoms with Crippen LogP contribution >= 0.6 is 0 Å². The van der Waals surface area contributed by atoms with Gasteiger partial charge >= 0.3 is 5.97 Å². The summed E-state index contributed by atoms with van der Waals surface area (Å²) in [5.74, 6) is -0.260. The quantitative estimate of drug-likeness (QED) is 0.710. The predicted molar refractivity (Wildman–Crippen MR) is 58.1 cm³/mol. The van der Waals surface area contributed by atoms with E-state index in [-0.39, 0.29) is 24.7 Å². The molecule has 0 saturated heterocycles. The van der Waals surface area contributed by atoms with Gasteiger partial charge in [0.05, 0.1) is 25.8 Å². The Balaban J connectivity index is 2.97. The molecule has 1 aromatic rings. The average Bonchev–Trinajstić information content (AvgIpc) is 2.45. The number of nitrogens with zero attached hydrogens (tertiary/aromatic N) is 2. The maximum absolute atomic E-state index is 11.2. The highest BCUT2D eigenvalue weighted by molar-refractivity contribution is 5.75. The smallest absolute Gasteiger partial charge is 0.310 e. The lowest BCUT2D eigenvalue weighted by Crippen LogP contribution is -2.10. The van der Waals surface area contributed by atoms with Crippen LogP contribution < -0.4 is 0 Å². The number of aromatic nitrogens is 2. The zero-order valence-corrected chi connectivity index (χ0v) is 10.0. The number of carbonyl (C=O) groups is 2. The molecule has 0 N–H and O–H groups in total. The predicted octanol–water partition coefficient (Wildman–Crippen LogP) is 0.804. The maximum atomic E-state index is 11.2. The minimum absolute atomic E-state index is 0.0372. The second kappa shape index (κ2) is 4.92. The molecule has 1 aromatic heterocycles. The second-order valence-corrected chi connectivity index (χ2v) is 3.76. The average molecular weight is 224 g/mol. The SMILES string of the molecule is COC(=O)Cc1c(C)nn(CC(C)=O)c1C. The number of rotatable bonds is 4. The van der Waals surface area contributed by atoms with Gasteiger partial charge in [-0.3, -0.25) is 14.3 Å². The first-order valence-corrected chi connectivity index (χ1v) is 5.04. The van der Waals surface area contributed by atoms with Crippen LogP contribution in [0, 0.1) is 13.8 Å². The lowest BCUT2D eigenvalue weighted by molar-refractivity contribution is -0.139. The van der Waals surface area contributed by atoms with Crippen molar-refractivity contribution >= 4 is 11.8 Å². The van der Waals surface area contributed by atoms with Crippen molar-refractivity contribution in [3.05, 3.63) is 17.0 Å². The first-order chi connectivity index (χ1) is 7.45. The van der Waals surface area contributed by atoms with Crippen molar-refractivity contribution in [3.63, 3.8) is 0 Å². The molecule has 0 spiro atoms. The Hall–Kier alpha value is -1.65. The van der Waals surface area contributed by atoms with Crippen LogP contribution in [0.15, 0.2) is 0 Å². The van der Waals surface area contributed by atoms with Crippen molar-refractivity contribution in [3.8, 4) is 0 Å². The molecule has 0 aromatic carbocycles. The van der Waals surface area contributed by atoms with Gasteiger partial charge in [-0.15, -0.1) is 0 Å². The summed E-state index contributed by atoms with van der Waals surface area (Å²) in [5.41, 5.74) is 2.45. The van der Waals surface area contributed by atoms with E-state index >= 15 is 0 Å². The molecule has 1 rings (SSSR count). The minimum Gasteiger partial charge on any atom is -0.469 e. The van der Waals surface area contributed by atoms with E-state index in [1.165, 1.54) is 14.0 Å². The molecule has 88 valence electrons. The van der Waals surface area contributed by atoms with Gasteiger partial charge in [-0.25, -0.2) is 0 Å². The molecule has 0 amide bonds. The fourth-order valence-electron chi connectivity index (χ4n) is 1.57. The van der Waals surface area contributed by atoms with E-state index < -0.39 is 0 Å². The zero-order valence-electron chi connectivity index (χ0n) is 10.0. The van der Waals surface area contributed by atoms with Crippen molar-refractivity contribution in [2.75, 3.05) is 7.11 Å². The van der Waals surface area contributed by atoms with E-state index in [9.17, 15) is 9.59 Å². The molecule has 16 heavy (non-hydrogen) atoms. The van der Waals surface area contributed by atoms with Gasteiger partial charge in [0, 0.05) is 11.3 Å². The zero-order chi connectivity index (χ0) is 12.3. The van der Waals surface area contributed by atoms with Crippen LogP contribution in [-0.2, 0) is 27.3 Å². The number of hydrogen-bond donors (Lipinski definition) is 0. The van der Waals surface area contributed by atoms with Gasteiger partial charge in [0.25, 0.3) is 0 Å². The third-order valence-electron chi connectivity index (χ3n) is 2.45. The van der Waals surface area contributed by atoms with Crippen LogP contribution in [0.2, 0.25) is 0 Å². The van der Waals surface area contributed by atoms with E-state index in [0.717, 1.165) is 17.0 Å².